The largest absolute Gasteiger partial charge is 0.485 e. The van der Waals surface area contributed by atoms with E-state index in [9.17, 15) is 9.59 Å². The Hall–Kier alpha value is -4.07. The second-order valence-electron chi connectivity index (χ2n) is 7.94. The first-order chi connectivity index (χ1) is 15.8. The highest BCUT2D eigenvalue weighted by atomic mass is 16.5. The van der Waals surface area contributed by atoms with Gasteiger partial charge in [0.05, 0.1) is 11.4 Å². The lowest BCUT2D eigenvalue weighted by atomic mass is 10.2. The van der Waals surface area contributed by atoms with Crippen molar-refractivity contribution in [3.05, 3.63) is 87.5 Å². The van der Waals surface area contributed by atoms with Crippen LogP contribution in [-0.2, 0) is 11.4 Å². The molecule has 0 aliphatic rings. The third-order valence-electron chi connectivity index (χ3n) is 5.00. The molecule has 1 N–H and O–H groups in total. The number of nitrogens with zero attached hydrogens (tertiary/aromatic N) is 2. The fourth-order valence-corrected chi connectivity index (χ4v) is 3.26. The maximum Gasteiger partial charge on any atom is 0.287 e. The van der Waals surface area contributed by atoms with Gasteiger partial charge in [-0.25, -0.2) is 4.98 Å². The number of carbonyl (C=O) groups excluding carboxylic acids is 1. The van der Waals surface area contributed by atoms with Crippen LogP contribution >= 0.6 is 0 Å². The van der Waals surface area contributed by atoms with Crippen molar-refractivity contribution in [1.29, 1.82) is 0 Å². The van der Waals surface area contributed by atoms with Crippen molar-refractivity contribution in [1.82, 2.24) is 9.56 Å². The zero-order valence-corrected chi connectivity index (χ0v) is 18.9. The summed E-state index contributed by atoms with van der Waals surface area (Å²) >= 11 is 0. The Labute approximate surface area is 190 Å². The number of amides is 1. The van der Waals surface area contributed by atoms with E-state index < -0.39 is 6.10 Å². The lowest BCUT2D eigenvalue weighted by Crippen LogP contribution is -2.30. The maximum atomic E-state index is 12.7. The highest BCUT2D eigenvalue weighted by molar-refractivity contribution is 5.95. The van der Waals surface area contributed by atoms with Gasteiger partial charge in [-0.3, -0.25) is 9.59 Å². The van der Waals surface area contributed by atoms with Crippen molar-refractivity contribution in [3.63, 3.8) is 0 Å². The van der Waals surface area contributed by atoms with Crippen LogP contribution in [0.25, 0.3) is 5.65 Å². The number of anilines is 1. The maximum absolute atomic E-state index is 12.7. The summed E-state index contributed by atoms with van der Waals surface area (Å²) in [5, 5.41) is 2.86. The van der Waals surface area contributed by atoms with E-state index in [1.165, 1.54) is 6.07 Å². The number of hydrogen-bond acceptors (Lipinski definition) is 6. The van der Waals surface area contributed by atoms with E-state index >= 15 is 0 Å². The van der Waals surface area contributed by atoms with Crippen molar-refractivity contribution >= 4 is 17.2 Å². The molecule has 0 aliphatic carbocycles. The van der Waals surface area contributed by atoms with Crippen LogP contribution in [0.2, 0.25) is 0 Å². The normalized spacial score (nSPS) is 11.9. The zero-order chi connectivity index (χ0) is 23.5. The fourth-order valence-electron chi connectivity index (χ4n) is 3.26. The van der Waals surface area contributed by atoms with E-state index in [-0.39, 0.29) is 18.1 Å². The van der Waals surface area contributed by atoms with Crippen LogP contribution in [0.5, 0.6) is 11.5 Å². The minimum absolute atomic E-state index is 0.0533. The summed E-state index contributed by atoms with van der Waals surface area (Å²) in [5.41, 5.74) is 3.11. The highest BCUT2D eigenvalue weighted by Gasteiger charge is 2.17. The Kier molecular flexibility index (Phi) is 6.17. The van der Waals surface area contributed by atoms with E-state index in [1.807, 2.05) is 50.2 Å². The van der Waals surface area contributed by atoms with Crippen LogP contribution < -0.4 is 20.3 Å². The third-order valence-corrected chi connectivity index (χ3v) is 5.00. The Bertz CT molecular complexity index is 1350. The molecule has 8 nitrogen and oxygen atoms in total. The van der Waals surface area contributed by atoms with Crippen LogP contribution in [0.3, 0.4) is 0 Å². The average Bonchev–Trinajstić information content (AvgIpc) is 3.16. The molecule has 0 radical (unpaired) electrons. The lowest BCUT2D eigenvalue weighted by molar-refractivity contribution is -0.122. The molecule has 4 aromatic rings. The van der Waals surface area contributed by atoms with Crippen molar-refractivity contribution in [2.24, 2.45) is 0 Å². The Morgan fingerprint density at radius 1 is 1.06 bits per heavy atom. The molecule has 2 aromatic heterocycles. The van der Waals surface area contributed by atoms with Crippen molar-refractivity contribution in [3.8, 4) is 11.5 Å². The second-order valence-corrected chi connectivity index (χ2v) is 7.94. The summed E-state index contributed by atoms with van der Waals surface area (Å²) in [4.78, 5) is 29.4. The quantitative estimate of drug-likeness (QED) is 0.456. The van der Waals surface area contributed by atoms with E-state index in [2.05, 4.69) is 10.3 Å². The zero-order valence-electron chi connectivity index (χ0n) is 18.9. The van der Waals surface area contributed by atoms with Gasteiger partial charge in [0.1, 0.15) is 23.9 Å². The number of ether oxygens (including phenoxy) is 2. The summed E-state index contributed by atoms with van der Waals surface area (Å²) in [5.74, 6) is 1.36. The van der Waals surface area contributed by atoms with Gasteiger partial charge in [0.25, 0.3) is 11.5 Å². The number of aryl methyl sites for hydroxylation is 3. The standard InChI is InChI=1S/C25H25N3O5/c1-15-5-8-20(9-6-15)32-18(4)25(30)27-21-10-7-16(2)11-22(21)31-14-19-13-24(29)28-23(26-19)12-17(3)33-28/h5-13,18H,14H2,1-4H3,(H,27,30)/t18-/m1/s1. The fraction of sp³-hybridized carbons (Fsp3) is 0.240. The summed E-state index contributed by atoms with van der Waals surface area (Å²) < 4.78 is 18.1. The van der Waals surface area contributed by atoms with Crippen molar-refractivity contribution in [2.45, 2.75) is 40.4 Å². The molecule has 0 bridgehead atoms. The van der Waals surface area contributed by atoms with Crippen LogP contribution in [0, 0.1) is 20.8 Å². The SMILES string of the molecule is Cc1ccc(O[C@H](C)C(=O)Nc2ccc(C)cc2OCc2cc(=O)n3oc(C)cc3n2)cc1. The van der Waals surface area contributed by atoms with Gasteiger partial charge in [-0.05, 0) is 57.5 Å². The van der Waals surface area contributed by atoms with Crippen LogP contribution in [0.15, 0.2) is 63.9 Å². The Morgan fingerprint density at radius 3 is 2.55 bits per heavy atom. The first-order valence-corrected chi connectivity index (χ1v) is 10.6. The molecule has 0 saturated heterocycles. The van der Waals surface area contributed by atoms with Crippen molar-refractivity contribution < 1.29 is 18.8 Å². The number of fused-ring (bicyclic) bond motifs is 1. The minimum Gasteiger partial charge on any atom is -0.485 e. The average molecular weight is 447 g/mol. The second kappa shape index (κ2) is 9.20. The summed E-state index contributed by atoms with van der Waals surface area (Å²) in [6, 6.07) is 16.0. The molecule has 0 spiro atoms. The molecule has 170 valence electrons. The summed E-state index contributed by atoms with van der Waals surface area (Å²) in [6.45, 7) is 7.39. The van der Waals surface area contributed by atoms with Gasteiger partial charge in [-0.2, -0.15) is 0 Å². The van der Waals surface area contributed by atoms with Crippen LogP contribution in [0.4, 0.5) is 5.69 Å². The molecule has 2 heterocycles. The van der Waals surface area contributed by atoms with Crippen molar-refractivity contribution in [2.75, 3.05) is 5.32 Å². The van der Waals surface area contributed by atoms with Gasteiger partial charge in [0.15, 0.2) is 11.8 Å². The van der Waals surface area contributed by atoms with Gasteiger partial charge < -0.3 is 19.3 Å². The smallest absolute Gasteiger partial charge is 0.287 e. The summed E-state index contributed by atoms with van der Waals surface area (Å²) in [6.07, 6.45) is -0.713. The minimum atomic E-state index is -0.713. The Balaban J connectivity index is 1.47. The molecule has 1 amide bonds. The van der Waals surface area contributed by atoms with Gasteiger partial charge in [0, 0.05) is 12.1 Å². The highest BCUT2D eigenvalue weighted by Crippen LogP contribution is 2.27. The topological polar surface area (TPSA) is 95.1 Å². The monoisotopic (exact) mass is 447 g/mol. The predicted molar refractivity (Wildman–Crippen MR) is 124 cm³/mol. The molecular weight excluding hydrogens is 422 g/mol. The first-order valence-electron chi connectivity index (χ1n) is 10.6. The molecule has 0 unspecified atom stereocenters. The van der Waals surface area contributed by atoms with E-state index in [0.717, 1.165) is 15.7 Å². The molecular formula is C25H25N3O5. The van der Waals surface area contributed by atoms with E-state index in [4.69, 9.17) is 14.0 Å². The number of aromatic nitrogens is 2. The molecule has 33 heavy (non-hydrogen) atoms. The van der Waals surface area contributed by atoms with Gasteiger partial charge in [-0.1, -0.05) is 23.8 Å². The lowest BCUT2D eigenvalue weighted by Gasteiger charge is -2.17. The molecule has 0 aliphatic heterocycles. The number of nitrogens with one attached hydrogen (secondary N) is 1. The van der Waals surface area contributed by atoms with Crippen LogP contribution in [0.1, 0.15) is 29.5 Å². The number of rotatable bonds is 7. The number of hydrogen-bond donors (Lipinski definition) is 1. The molecule has 0 saturated carbocycles. The van der Waals surface area contributed by atoms with Gasteiger partial charge >= 0.3 is 0 Å². The third kappa shape index (κ3) is 5.23. The molecule has 4 rings (SSSR count). The molecule has 8 heteroatoms. The van der Waals surface area contributed by atoms with E-state index in [1.54, 1.807) is 26.0 Å². The first kappa shape index (κ1) is 22.1. The van der Waals surface area contributed by atoms with Gasteiger partial charge in [0.2, 0.25) is 0 Å². The Morgan fingerprint density at radius 2 is 1.79 bits per heavy atom. The molecule has 2 aromatic carbocycles. The van der Waals surface area contributed by atoms with E-state index in [0.29, 0.717) is 34.3 Å². The summed E-state index contributed by atoms with van der Waals surface area (Å²) in [7, 11) is 0. The van der Waals surface area contributed by atoms with Crippen LogP contribution in [-0.4, -0.2) is 21.6 Å². The molecule has 1 atom stereocenters. The molecule has 0 fully saturated rings. The number of carbonyl (C=O) groups is 1. The predicted octanol–water partition coefficient (Wildman–Crippen LogP) is 4.20. The van der Waals surface area contributed by atoms with Gasteiger partial charge in [-0.15, -0.1) is 4.57 Å². The number of benzene rings is 2.